The van der Waals surface area contributed by atoms with Crippen molar-refractivity contribution in [1.82, 2.24) is 30.4 Å². The van der Waals surface area contributed by atoms with Crippen molar-refractivity contribution in [2.24, 2.45) is 23.7 Å². The Morgan fingerprint density at radius 3 is 2.01 bits per heavy atom. The molecule has 9 atom stereocenters. The third-order valence-corrected chi connectivity index (χ3v) is 15.2. The Balaban J connectivity index is 1.46. The van der Waals surface area contributed by atoms with Gasteiger partial charge in [-0.05, 0) is 87.3 Å². The maximum Gasteiger partial charge on any atom is 0.333 e. The first-order valence-corrected chi connectivity index (χ1v) is 27.2. The third-order valence-electron chi connectivity index (χ3n) is 14.3. The zero-order valence-electron chi connectivity index (χ0n) is 45.0. The quantitative estimate of drug-likeness (QED) is 0.0744. The van der Waals surface area contributed by atoms with Crippen LogP contribution in [0.25, 0.3) is 6.08 Å². The second-order valence-corrected chi connectivity index (χ2v) is 21.8. The van der Waals surface area contributed by atoms with Crippen molar-refractivity contribution in [3.8, 4) is 0 Å². The molecule has 2 aliphatic heterocycles. The monoisotopic (exact) mass is 1050 g/mol. The summed E-state index contributed by atoms with van der Waals surface area (Å²) in [5, 5.41) is 6.35. The molecule has 2 saturated heterocycles. The number of ether oxygens (including phenoxy) is 2. The molecule has 2 fully saturated rings. The van der Waals surface area contributed by atoms with Gasteiger partial charge < -0.3 is 24.5 Å². The zero-order valence-corrected chi connectivity index (χ0v) is 45.8. The molecule has 19 nitrogen and oxygen atoms in total. The number of likely N-dealkylation sites (tertiary alicyclic amines) is 1. The van der Waals surface area contributed by atoms with Gasteiger partial charge in [-0.2, -0.15) is 8.42 Å². The minimum Gasteiger partial charge on any atom is -0.379 e. The molecule has 0 spiro atoms. The van der Waals surface area contributed by atoms with E-state index in [4.69, 9.17) is 14.3 Å². The van der Waals surface area contributed by atoms with E-state index >= 15 is 0 Å². The van der Waals surface area contributed by atoms with E-state index in [1.54, 1.807) is 49.1 Å². The standard InChI is InChI=1S/C54H80N6O13S/c1-12-36(6)50(58(9)49(35(4)5)54(67)56-53(66)48(34(2)3)57(8)30-17-21-47(64)73-60-44(61)28-29-45(60)62)43(71-10)33-46(63)59-31-16-20-42(59)51(72-11)37(7)52(65)55-40(32-39-18-14-13-15-19-39)25-22-38-23-26-41(27-24-38)74(68,69)70/h13-15,18-19,22-27,34-37,40,42-43,48-51H,12,16-17,20-21,28-33H2,1-11H3,(H,55,65)(H,56,66,67)(H,68,69,70)/b25-22+/t36-,37+,40+,42-,43+,48-,49-,50-,51+/m0/s1. The van der Waals surface area contributed by atoms with E-state index in [0.29, 0.717) is 42.9 Å². The van der Waals surface area contributed by atoms with Crippen LogP contribution in [0.3, 0.4) is 0 Å². The molecule has 0 saturated carbocycles. The molecule has 0 unspecified atom stereocenters. The first kappa shape index (κ1) is 61.2. The van der Waals surface area contributed by atoms with Crippen molar-refractivity contribution >= 4 is 57.6 Å². The molecular formula is C54H80N6O13S. The van der Waals surface area contributed by atoms with Crippen molar-refractivity contribution in [3.63, 3.8) is 0 Å². The Morgan fingerprint density at radius 2 is 1.46 bits per heavy atom. The van der Waals surface area contributed by atoms with E-state index in [1.165, 1.54) is 19.2 Å². The first-order chi connectivity index (χ1) is 34.9. The molecule has 3 N–H and O–H groups in total. The summed E-state index contributed by atoms with van der Waals surface area (Å²) in [4.78, 5) is 103. The van der Waals surface area contributed by atoms with E-state index < -0.39 is 88.1 Å². The second kappa shape index (κ2) is 28.5. The van der Waals surface area contributed by atoms with Gasteiger partial charge in [0.15, 0.2) is 0 Å². The number of methoxy groups -OCH3 is 2. The molecule has 0 bridgehead atoms. The Bertz CT molecular complexity index is 2350. The zero-order chi connectivity index (χ0) is 55.0. The van der Waals surface area contributed by atoms with Crippen molar-refractivity contribution in [3.05, 3.63) is 71.8 Å². The topological polar surface area (TPSA) is 239 Å². The number of amides is 6. The van der Waals surface area contributed by atoms with Crippen LogP contribution in [-0.2, 0) is 64.4 Å². The van der Waals surface area contributed by atoms with Gasteiger partial charge >= 0.3 is 5.97 Å². The predicted octanol–water partition coefficient (Wildman–Crippen LogP) is 5.08. The summed E-state index contributed by atoms with van der Waals surface area (Å²) in [5.74, 6) is -4.62. The van der Waals surface area contributed by atoms with Gasteiger partial charge in [-0.1, -0.05) is 110 Å². The molecule has 2 aromatic carbocycles. The van der Waals surface area contributed by atoms with Gasteiger partial charge in [-0.15, -0.1) is 5.06 Å². The van der Waals surface area contributed by atoms with Crippen molar-refractivity contribution in [2.75, 3.05) is 41.4 Å². The lowest BCUT2D eigenvalue weighted by atomic mass is 9.87. The summed E-state index contributed by atoms with van der Waals surface area (Å²) in [6, 6.07) is 12.5. The highest BCUT2D eigenvalue weighted by molar-refractivity contribution is 7.85. The van der Waals surface area contributed by atoms with Gasteiger partial charge in [0.1, 0.15) is 0 Å². The van der Waals surface area contributed by atoms with E-state index in [-0.39, 0.29) is 73.1 Å². The minimum atomic E-state index is -4.36. The maximum atomic E-state index is 14.6. The normalized spacial score (nSPS) is 18.7. The number of nitrogens with zero attached hydrogens (tertiary/aromatic N) is 4. The van der Waals surface area contributed by atoms with E-state index in [1.807, 2.05) is 89.9 Å². The molecule has 4 rings (SSSR count). The van der Waals surface area contributed by atoms with Crippen LogP contribution >= 0.6 is 0 Å². The van der Waals surface area contributed by atoms with Crippen molar-refractivity contribution < 1.29 is 60.8 Å². The number of hydroxylamine groups is 2. The highest BCUT2D eigenvalue weighted by Crippen LogP contribution is 2.31. The van der Waals surface area contributed by atoms with Crippen molar-refractivity contribution in [2.45, 2.75) is 154 Å². The maximum absolute atomic E-state index is 14.6. The molecule has 0 aromatic heterocycles. The number of imide groups is 2. The molecular weight excluding hydrogens is 973 g/mol. The number of likely N-dealkylation sites (N-methyl/N-ethyl adjacent to an activating group) is 2. The molecule has 0 aliphatic carbocycles. The fraction of sp³-hybridized carbons (Fsp3) is 0.611. The average Bonchev–Trinajstić information content (AvgIpc) is 3.95. The minimum absolute atomic E-state index is 0.0110. The van der Waals surface area contributed by atoms with Gasteiger partial charge in [0, 0.05) is 46.1 Å². The number of nitrogens with one attached hydrogen (secondary N) is 2. The summed E-state index contributed by atoms with van der Waals surface area (Å²) < 4.78 is 44.8. The van der Waals surface area contributed by atoms with Crippen LogP contribution in [0.5, 0.6) is 0 Å². The molecule has 20 heteroatoms. The highest BCUT2D eigenvalue weighted by Gasteiger charge is 2.44. The van der Waals surface area contributed by atoms with Crippen molar-refractivity contribution in [1.29, 1.82) is 0 Å². The Hall–Kier alpha value is -5.38. The molecule has 410 valence electrons. The summed E-state index contributed by atoms with van der Waals surface area (Å²) in [5.41, 5.74) is 1.64. The number of hydrogen-bond acceptors (Lipinski definition) is 14. The molecule has 2 heterocycles. The van der Waals surface area contributed by atoms with Gasteiger partial charge in [0.2, 0.25) is 23.6 Å². The fourth-order valence-corrected chi connectivity index (χ4v) is 10.8. The van der Waals surface area contributed by atoms with E-state index in [2.05, 4.69) is 10.6 Å². The molecule has 2 aromatic rings. The largest absolute Gasteiger partial charge is 0.379 e. The highest BCUT2D eigenvalue weighted by atomic mass is 32.2. The summed E-state index contributed by atoms with van der Waals surface area (Å²) >= 11 is 0. The SMILES string of the molecule is CC[C@H](C)[C@@H]([C@@H](CC(=O)N1CCC[C@H]1[C@H](OC)[C@@H](C)C(=O)N[C@H](/C=C/c1ccc(S(=O)(=O)O)cc1)Cc1ccccc1)OC)N(C)[C@H](C(=O)NC(=O)[C@H](C(C)C)N(C)CCCC(=O)ON1C(=O)CCC1=O)C(C)C. The molecule has 2 aliphatic rings. The summed E-state index contributed by atoms with van der Waals surface area (Å²) in [7, 11) is 2.26. The Morgan fingerprint density at radius 1 is 0.851 bits per heavy atom. The van der Waals surface area contributed by atoms with Gasteiger partial charge in [-0.3, -0.25) is 48.4 Å². The number of carbonyl (C=O) groups is 7. The third kappa shape index (κ3) is 16.8. The van der Waals surface area contributed by atoms with Gasteiger partial charge in [-0.25, -0.2) is 4.79 Å². The van der Waals surface area contributed by atoms with E-state index in [9.17, 15) is 46.5 Å². The van der Waals surface area contributed by atoms with Crippen LogP contribution < -0.4 is 10.6 Å². The predicted molar refractivity (Wildman–Crippen MR) is 278 cm³/mol. The number of carbonyl (C=O) groups excluding carboxylic acids is 7. The first-order valence-electron chi connectivity index (χ1n) is 25.7. The van der Waals surface area contributed by atoms with E-state index in [0.717, 1.165) is 5.56 Å². The lowest BCUT2D eigenvalue weighted by Crippen LogP contribution is -2.60. The summed E-state index contributed by atoms with van der Waals surface area (Å²) in [6.45, 7) is 14.1. The average molecular weight is 1050 g/mol. The lowest BCUT2D eigenvalue weighted by molar-refractivity contribution is -0.197. The fourth-order valence-electron chi connectivity index (χ4n) is 10.4. The van der Waals surface area contributed by atoms with Crippen LogP contribution in [0.4, 0.5) is 0 Å². The number of benzene rings is 2. The van der Waals surface area contributed by atoms with Crippen LogP contribution in [0.2, 0.25) is 0 Å². The Labute approximate surface area is 437 Å². The molecule has 74 heavy (non-hydrogen) atoms. The van der Waals surface area contributed by atoms with Gasteiger partial charge in [0.25, 0.3) is 21.9 Å². The number of rotatable bonds is 28. The summed E-state index contributed by atoms with van der Waals surface area (Å²) in [6.07, 6.45) is 4.82. The molecule has 6 amide bonds. The van der Waals surface area contributed by atoms with Crippen LogP contribution in [0.1, 0.15) is 111 Å². The molecule has 0 radical (unpaired) electrons. The van der Waals surface area contributed by atoms with Crippen LogP contribution in [0, 0.1) is 23.7 Å². The second-order valence-electron chi connectivity index (χ2n) is 20.4. The van der Waals surface area contributed by atoms with Gasteiger partial charge in [0.05, 0.1) is 53.6 Å². The van der Waals surface area contributed by atoms with Crippen LogP contribution in [0.15, 0.2) is 65.6 Å². The Kier molecular flexibility index (Phi) is 23.6. The number of hydrogen-bond donors (Lipinski definition) is 3. The lowest BCUT2D eigenvalue weighted by Gasteiger charge is -2.43. The van der Waals surface area contributed by atoms with Crippen LogP contribution in [-0.4, -0.2) is 158 Å². The smallest absolute Gasteiger partial charge is 0.333 e.